The summed E-state index contributed by atoms with van der Waals surface area (Å²) in [5.74, 6) is 0.879. The Balaban J connectivity index is 1.06. The van der Waals surface area contributed by atoms with Gasteiger partial charge in [-0.25, -0.2) is 14.6 Å². The molecule has 2 fully saturated rings. The number of hydrogen-bond donors (Lipinski definition) is 2. The van der Waals surface area contributed by atoms with Crippen molar-refractivity contribution in [2.24, 2.45) is 0 Å². The van der Waals surface area contributed by atoms with Crippen LogP contribution in [0.2, 0.25) is 5.02 Å². The molecule has 1 aliphatic carbocycles. The molecule has 0 unspecified atom stereocenters. The van der Waals surface area contributed by atoms with Crippen LogP contribution in [0.15, 0.2) is 47.9 Å². The molecule has 228 valence electrons. The fourth-order valence-electron chi connectivity index (χ4n) is 6.13. The summed E-state index contributed by atoms with van der Waals surface area (Å²) in [6.07, 6.45) is 11.3. The zero-order chi connectivity index (χ0) is 29.9. The van der Waals surface area contributed by atoms with E-state index in [1.165, 1.54) is 6.33 Å². The predicted octanol–water partition coefficient (Wildman–Crippen LogP) is 4.08. The first-order valence-electron chi connectivity index (χ1n) is 14.8. The number of nitrogens with one attached hydrogen (secondary N) is 2. The number of hydrogen-bond acceptors (Lipinski definition) is 10. The minimum Gasteiger partial charge on any atom is -0.487 e. The minimum atomic E-state index is -0.211. The predicted molar refractivity (Wildman–Crippen MR) is 162 cm³/mol. The van der Waals surface area contributed by atoms with Crippen LogP contribution in [-0.2, 0) is 11.3 Å². The third kappa shape index (κ3) is 7.06. The minimum absolute atomic E-state index is 0.194. The molecule has 3 atom stereocenters. The molecule has 1 saturated carbocycles. The van der Waals surface area contributed by atoms with E-state index in [0.717, 1.165) is 49.9 Å². The fourth-order valence-corrected chi connectivity index (χ4v) is 6.29. The van der Waals surface area contributed by atoms with E-state index in [-0.39, 0.29) is 29.9 Å². The highest BCUT2D eigenvalue weighted by Gasteiger charge is 2.31. The van der Waals surface area contributed by atoms with Crippen LogP contribution in [0, 0.1) is 0 Å². The van der Waals surface area contributed by atoms with E-state index in [1.807, 2.05) is 29.9 Å². The third-order valence-electron chi connectivity index (χ3n) is 8.09. The van der Waals surface area contributed by atoms with Gasteiger partial charge in [-0.3, -0.25) is 19.5 Å². The first-order valence-corrected chi connectivity index (χ1v) is 15.2. The van der Waals surface area contributed by atoms with Crippen molar-refractivity contribution in [3.05, 3.63) is 58.5 Å². The van der Waals surface area contributed by atoms with E-state index >= 15 is 0 Å². The molecule has 43 heavy (non-hydrogen) atoms. The number of aromatic amines is 1. The Morgan fingerprint density at radius 3 is 2.51 bits per heavy atom. The van der Waals surface area contributed by atoms with E-state index in [0.29, 0.717) is 35.0 Å². The molecule has 1 aromatic carbocycles. The van der Waals surface area contributed by atoms with Gasteiger partial charge in [0.05, 0.1) is 36.0 Å². The summed E-state index contributed by atoms with van der Waals surface area (Å²) in [5.41, 5.74) is 1.86. The second-order valence-electron chi connectivity index (χ2n) is 11.6. The lowest BCUT2D eigenvalue weighted by atomic mass is 9.89. The van der Waals surface area contributed by atoms with Gasteiger partial charge >= 0.3 is 0 Å². The maximum atomic E-state index is 12.8. The van der Waals surface area contributed by atoms with Gasteiger partial charge < -0.3 is 14.8 Å². The molecule has 2 aliphatic rings. The molecule has 3 aromatic heterocycles. The zero-order valence-electron chi connectivity index (χ0n) is 24.6. The van der Waals surface area contributed by atoms with Crippen molar-refractivity contribution >= 4 is 23.2 Å². The van der Waals surface area contributed by atoms with Gasteiger partial charge in [0.15, 0.2) is 0 Å². The van der Waals surface area contributed by atoms with Gasteiger partial charge in [0.2, 0.25) is 5.95 Å². The lowest BCUT2D eigenvalue weighted by Gasteiger charge is -2.42. The van der Waals surface area contributed by atoms with Crippen LogP contribution in [0.4, 0.5) is 11.6 Å². The molecule has 0 amide bonds. The average molecular weight is 609 g/mol. The van der Waals surface area contributed by atoms with Gasteiger partial charge in [0, 0.05) is 37.1 Å². The van der Waals surface area contributed by atoms with Gasteiger partial charge in [-0.05, 0) is 74.6 Å². The maximum Gasteiger partial charge on any atom is 0.287 e. The van der Waals surface area contributed by atoms with Crippen molar-refractivity contribution in [1.82, 2.24) is 44.9 Å². The highest BCUT2D eigenvalue weighted by atomic mass is 35.5. The molecule has 4 heterocycles. The molecule has 0 bridgehead atoms. The van der Waals surface area contributed by atoms with Crippen molar-refractivity contribution in [3.63, 3.8) is 0 Å². The van der Waals surface area contributed by atoms with Crippen molar-refractivity contribution in [1.29, 1.82) is 0 Å². The normalized spacial score (nSPS) is 23.6. The van der Waals surface area contributed by atoms with Crippen molar-refractivity contribution in [2.45, 2.75) is 83.4 Å². The molecule has 1 saturated heterocycles. The molecular formula is C29H37ClN10O3. The Labute approximate surface area is 254 Å². The van der Waals surface area contributed by atoms with Crippen LogP contribution in [0.25, 0.3) is 11.1 Å². The molecule has 0 spiro atoms. The van der Waals surface area contributed by atoms with Gasteiger partial charge in [0.25, 0.3) is 5.56 Å². The van der Waals surface area contributed by atoms with E-state index in [4.69, 9.17) is 21.1 Å². The van der Waals surface area contributed by atoms with Crippen LogP contribution in [0.5, 0.6) is 5.75 Å². The van der Waals surface area contributed by atoms with Crippen molar-refractivity contribution in [2.75, 3.05) is 18.4 Å². The molecule has 4 aromatic rings. The standard InChI is InChI=1S/C29H37ClN10O3/c1-18-13-38(14-19(2)42-18)23-5-7-24(8-6-23)40-16-26(28(41)35-40)34-29-31-11-22(12-32-29)21-4-9-25(30)27(10-21)43-20(3)15-39-17-33-36-37-39/h4,9-12,16-20,23-24H,5-8,13-15H2,1-3H3,(H,35,41)(H,31,32,34)/t18-,19+,20-,23?,24?/m0/s1. The summed E-state index contributed by atoms with van der Waals surface area (Å²) in [6.45, 7) is 8.67. The Hall–Kier alpha value is -3.81. The quantitative estimate of drug-likeness (QED) is 0.285. The van der Waals surface area contributed by atoms with Crippen LogP contribution in [-0.4, -0.2) is 82.3 Å². The Bertz CT molecular complexity index is 1540. The largest absolute Gasteiger partial charge is 0.487 e. The van der Waals surface area contributed by atoms with Crippen LogP contribution >= 0.6 is 11.6 Å². The number of morpholine rings is 1. The molecule has 0 radical (unpaired) electrons. The molecule has 6 rings (SSSR count). The SMILES string of the molecule is C[C@@H]1CN(C2CCC(n3cc(Nc4ncc(-c5ccc(Cl)c(O[C@@H](C)Cn6cnnn6)c5)cn4)c(=O)[nH]3)CC2)C[C@H](C)O1. The zero-order valence-corrected chi connectivity index (χ0v) is 25.3. The topological polar surface area (TPSA) is 141 Å². The molecule has 2 N–H and O–H groups in total. The van der Waals surface area contributed by atoms with Crippen LogP contribution in [0.1, 0.15) is 52.5 Å². The molecule has 13 nitrogen and oxygen atoms in total. The number of halogens is 1. The highest BCUT2D eigenvalue weighted by molar-refractivity contribution is 6.32. The van der Waals surface area contributed by atoms with Crippen molar-refractivity contribution < 1.29 is 9.47 Å². The maximum absolute atomic E-state index is 12.8. The summed E-state index contributed by atoms with van der Waals surface area (Å²) in [5, 5.41) is 17.7. The summed E-state index contributed by atoms with van der Waals surface area (Å²) in [7, 11) is 0. The second-order valence-corrected chi connectivity index (χ2v) is 12.0. The van der Waals surface area contributed by atoms with Crippen molar-refractivity contribution in [3.8, 4) is 16.9 Å². The number of ether oxygens (including phenoxy) is 2. The molecular weight excluding hydrogens is 572 g/mol. The van der Waals surface area contributed by atoms with Gasteiger partial charge in [-0.1, -0.05) is 17.7 Å². The first kappa shape index (κ1) is 29.3. The lowest BCUT2D eigenvalue weighted by molar-refractivity contribution is -0.0852. The van der Waals surface area contributed by atoms with Gasteiger partial charge in [-0.2, -0.15) is 0 Å². The van der Waals surface area contributed by atoms with Crippen LogP contribution in [0.3, 0.4) is 0 Å². The fraction of sp³-hybridized carbons (Fsp3) is 0.517. The van der Waals surface area contributed by atoms with E-state index in [9.17, 15) is 4.79 Å². The Kier molecular flexibility index (Phi) is 8.73. The smallest absolute Gasteiger partial charge is 0.287 e. The summed E-state index contributed by atoms with van der Waals surface area (Å²) < 4.78 is 15.5. The third-order valence-corrected chi connectivity index (χ3v) is 8.41. The monoisotopic (exact) mass is 608 g/mol. The number of H-pyrrole nitrogens is 1. The van der Waals surface area contributed by atoms with E-state index in [2.05, 4.69) is 54.7 Å². The van der Waals surface area contributed by atoms with E-state index in [1.54, 1.807) is 23.1 Å². The van der Waals surface area contributed by atoms with E-state index < -0.39 is 0 Å². The highest BCUT2D eigenvalue weighted by Crippen LogP contribution is 2.33. The summed E-state index contributed by atoms with van der Waals surface area (Å²) in [4.78, 5) is 24.2. The number of nitrogens with zero attached hydrogens (tertiary/aromatic N) is 8. The number of rotatable bonds is 9. The second kappa shape index (κ2) is 12.8. The molecule has 1 aliphatic heterocycles. The average Bonchev–Trinajstić information content (AvgIpc) is 3.63. The number of aromatic nitrogens is 8. The lowest BCUT2D eigenvalue weighted by Crippen LogP contribution is -2.51. The van der Waals surface area contributed by atoms with Gasteiger partial charge in [-0.15, -0.1) is 5.10 Å². The van der Waals surface area contributed by atoms with Gasteiger partial charge in [0.1, 0.15) is 23.9 Å². The number of benzene rings is 1. The summed E-state index contributed by atoms with van der Waals surface area (Å²) >= 11 is 6.40. The first-order chi connectivity index (χ1) is 20.8. The number of anilines is 2. The van der Waals surface area contributed by atoms with Crippen LogP contribution < -0.4 is 15.6 Å². The Morgan fingerprint density at radius 2 is 1.81 bits per heavy atom. The number of tetrazole rings is 1. The Morgan fingerprint density at radius 1 is 1.09 bits per heavy atom. The molecule has 14 heteroatoms. The summed E-state index contributed by atoms with van der Waals surface area (Å²) in [6, 6.07) is 6.34.